The van der Waals surface area contributed by atoms with Gasteiger partial charge in [0.2, 0.25) is 0 Å². The number of aromatic nitrogens is 1. The first-order valence-corrected chi connectivity index (χ1v) is 3.00. The van der Waals surface area contributed by atoms with Gasteiger partial charge in [0.25, 0.3) is 0 Å². The van der Waals surface area contributed by atoms with Crippen LogP contribution in [0.1, 0.15) is 18.2 Å². The standard InChI is InChI=1S/C6H7NO4/c8-5(3-6(9)10)4-1-2-11-7-4/h1-2,5,8H,3H2,(H,9,10). The summed E-state index contributed by atoms with van der Waals surface area (Å²) in [5.74, 6) is -1.07. The van der Waals surface area contributed by atoms with E-state index in [1.165, 1.54) is 12.3 Å². The minimum Gasteiger partial charge on any atom is -0.481 e. The Hall–Kier alpha value is -1.36. The van der Waals surface area contributed by atoms with Crippen molar-refractivity contribution >= 4 is 5.97 Å². The summed E-state index contributed by atoms with van der Waals surface area (Å²) in [6.45, 7) is 0. The zero-order valence-electron chi connectivity index (χ0n) is 5.60. The van der Waals surface area contributed by atoms with Gasteiger partial charge in [0.1, 0.15) is 18.1 Å². The van der Waals surface area contributed by atoms with E-state index in [4.69, 9.17) is 10.2 Å². The molecular weight excluding hydrogens is 150 g/mol. The van der Waals surface area contributed by atoms with Crippen molar-refractivity contribution in [1.82, 2.24) is 5.16 Å². The van der Waals surface area contributed by atoms with Crippen LogP contribution in [0.4, 0.5) is 0 Å². The monoisotopic (exact) mass is 157 g/mol. The van der Waals surface area contributed by atoms with Crippen LogP contribution in [-0.2, 0) is 4.79 Å². The number of aliphatic carboxylic acids is 1. The van der Waals surface area contributed by atoms with Gasteiger partial charge in [-0.25, -0.2) is 0 Å². The third kappa shape index (κ3) is 2.05. The molecule has 0 bridgehead atoms. The lowest BCUT2D eigenvalue weighted by atomic mass is 10.2. The summed E-state index contributed by atoms with van der Waals surface area (Å²) in [5.41, 5.74) is 0.243. The number of carboxylic acids is 1. The first kappa shape index (κ1) is 7.74. The fourth-order valence-electron chi connectivity index (χ4n) is 0.664. The fourth-order valence-corrected chi connectivity index (χ4v) is 0.664. The van der Waals surface area contributed by atoms with E-state index in [1.54, 1.807) is 0 Å². The third-order valence-electron chi connectivity index (χ3n) is 1.17. The van der Waals surface area contributed by atoms with Gasteiger partial charge in [-0.2, -0.15) is 0 Å². The van der Waals surface area contributed by atoms with Crippen molar-refractivity contribution < 1.29 is 19.5 Å². The Labute approximate surface area is 62.2 Å². The lowest BCUT2D eigenvalue weighted by Crippen LogP contribution is -2.05. The minimum atomic E-state index is -1.08. The van der Waals surface area contributed by atoms with Gasteiger partial charge in [-0.1, -0.05) is 5.16 Å². The molecule has 1 unspecified atom stereocenters. The Morgan fingerprint density at radius 3 is 3.00 bits per heavy atom. The van der Waals surface area contributed by atoms with Gasteiger partial charge in [0.05, 0.1) is 6.42 Å². The lowest BCUT2D eigenvalue weighted by Gasteiger charge is -2.00. The maximum Gasteiger partial charge on any atom is 0.306 e. The van der Waals surface area contributed by atoms with Crippen molar-refractivity contribution in [3.63, 3.8) is 0 Å². The van der Waals surface area contributed by atoms with Crippen LogP contribution >= 0.6 is 0 Å². The molecule has 0 saturated heterocycles. The van der Waals surface area contributed by atoms with Crippen LogP contribution in [0.25, 0.3) is 0 Å². The number of nitrogens with zero attached hydrogens (tertiary/aromatic N) is 1. The van der Waals surface area contributed by atoms with E-state index in [-0.39, 0.29) is 12.1 Å². The first-order chi connectivity index (χ1) is 5.20. The van der Waals surface area contributed by atoms with Crippen molar-refractivity contribution in [1.29, 1.82) is 0 Å². The predicted molar refractivity (Wildman–Crippen MR) is 33.7 cm³/mol. The van der Waals surface area contributed by atoms with Crippen LogP contribution in [0.15, 0.2) is 16.9 Å². The Kier molecular flexibility index (Phi) is 2.22. The summed E-state index contributed by atoms with van der Waals surface area (Å²) in [6, 6.07) is 1.42. The SMILES string of the molecule is O=C(O)CC(O)c1ccon1. The van der Waals surface area contributed by atoms with Gasteiger partial charge in [-0.05, 0) is 0 Å². The third-order valence-corrected chi connectivity index (χ3v) is 1.17. The Morgan fingerprint density at radius 2 is 2.55 bits per heavy atom. The molecule has 1 aromatic heterocycles. The highest BCUT2D eigenvalue weighted by Gasteiger charge is 2.13. The normalized spacial score (nSPS) is 12.8. The van der Waals surface area contributed by atoms with Crippen molar-refractivity contribution in [2.45, 2.75) is 12.5 Å². The van der Waals surface area contributed by atoms with Crippen LogP contribution in [0.3, 0.4) is 0 Å². The van der Waals surface area contributed by atoms with E-state index in [2.05, 4.69) is 9.68 Å². The molecule has 0 saturated carbocycles. The first-order valence-electron chi connectivity index (χ1n) is 3.00. The highest BCUT2D eigenvalue weighted by molar-refractivity contribution is 5.67. The molecule has 0 amide bonds. The molecule has 1 atom stereocenters. The molecule has 1 heterocycles. The summed E-state index contributed by atoms with van der Waals surface area (Å²) in [5, 5.41) is 20.7. The quantitative estimate of drug-likeness (QED) is 0.653. The zero-order chi connectivity index (χ0) is 8.27. The lowest BCUT2D eigenvalue weighted by molar-refractivity contribution is -0.139. The number of aliphatic hydroxyl groups is 1. The molecule has 11 heavy (non-hydrogen) atoms. The summed E-state index contributed by atoms with van der Waals surface area (Å²) in [7, 11) is 0. The van der Waals surface area contributed by atoms with E-state index in [9.17, 15) is 4.79 Å². The number of hydrogen-bond donors (Lipinski definition) is 2. The Bertz CT molecular complexity index is 231. The molecule has 0 aliphatic rings. The average molecular weight is 157 g/mol. The summed E-state index contributed by atoms with van der Waals surface area (Å²) in [4.78, 5) is 10.1. The van der Waals surface area contributed by atoms with E-state index in [1.807, 2.05) is 0 Å². The smallest absolute Gasteiger partial charge is 0.306 e. The van der Waals surface area contributed by atoms with Gasteiger partial charge in [0.15, 0.2) is 0 Å². The Morgan fingerprint density at radius 1 is 1.82 bits per heavy atom. The largest absolute Gasteiger partial charge is 0.481 e. The molecule has 2 N–H and O–H groups in total. The van der Waals surface area contributed by atoms with E-state index in [0.29, 0.717) is 0 Å². The molecule has 1 aromatic rings. The molecular formula is C6H7NO4. The van der Waals surface area contributed by atoms with Gasteiger partial charge in [-0.3, -0.25) is 4.79 Å². The molecule has 0 radical (unpaired) electrons. The van der Waals surface area contributed by atoms with Crippen LogP contribution in [-0.4, -0.2) is 21.3 Å². The number of rotatable bonds is 3. The van der Waals surface area contributed by atoms with Crippen LogP contribution in [0.2, 0.25) is 0 Å². The molecule has 0 fully saturated rings. The maximum absolute atomic E-state index is 10.1. The van der Waals surface area contributed by atoms with Crippen LogP contribution < -0.4 is 0 Å². The van der Waals surface area contributed by atoms with Crippen molar-refractivity contribution in [2.24, 2.45) is 0 Å². The molecule has 0 aliphatic heterocycles. The molecule has 0 aliphatic carbocycles. The zero-order valence-corrected chi connectivity index (χ0v) is 5.60. The fraction of sp³-hybridized carbons (Fsp3) is 0.333. The topological polar surface area (TPSA) is 83.6 Å². The number of aliphatic hydroxyl groups excluding tert-OH is 1. The summed E-state index contributed by atoms with van der Waals surface area (Å²) >= 11 is 0. The molecule has 5 heteroatoms. The molecule has 0 spiro atoms. The van der Waals surface area contributed by atoms with E-state index in [0.717, 1.165) is 0 Å². The second-order valence-corrected chi connectivity index (χ2v) is 2.04. The van der Waals surface area contributed by atoms with Gasteiger partial charge < -0.3 is 14.7 Å². The second-order valence-electron chi connectivity index (χ2n) is 2.04. The summed E-state index contributed by atoms with van der Waals surface area (Å²) in [6.07, 6.45) is -0.154. The van der Waals surface area contributed by atoms with Gasteiger partial charge >= 0.3 is 5.97 Å². The molecule has 0 aromatic carbocycles. The predicted octanol–water partition coefficient (Wildman–Crippen LogP) is 0.183. The average Bonchev–Trinajstić information content (AvgIpc) is 2.35. The maximum atomic E-state index is 10.1. The van der Waals surface area contributed by atoms with Gasteiger partial charge in [0, 0.05) is 6.07 Å². The van der Waals surface area contributed by atoms with Crippen LogP contribution in [0, 0.1) is 0 Å². The van der Waals surface area contributed by atoms with Crippen molar-refractivity contribution in [3.8, 4) is 0 Å². The highest BCUT2D eigenvalue weighted by Crippen LogP contribution is 2.12. The number of hydrogen-bond acceptors (Lipinski definition) is 4. The van der Waals surface area contributed by atoms with Crippen LogP contribution in [0.5, 0.6) is 0 Å². The minimum absolute atomic E-state index is 0.243. The number of carbonyl (C=O) groups is 1. The molecule has 5 nitrogen and oxygen atoms in total. The molecule has 1 rings (SSSR count). The molecule has 60 valence electrons. The number of carboxylic acid groups (broad SMARTS) is 1. The van der Waals surface area contributed by atoms with Crippen molar-refractivity contribution in [2.75, 3.05) is 0 Å². The van der Waals surface area contributed by atoms with Gasteiger partial charge in [-0.15, -0.1) is 0 Å². The Balaban J connectivity index is 2.56. The second kappa shape index (κ2) is 3.16. The van der Waals surface area contributed by atoms with Crippen molar-refractivity contribution in [3.05, 3.63) is 18.0 Å². The summed E-state index contributed by atoms with van der Waals surface area (Å²) < 4.78 is 4.41. The van der Waals surface area contributed by atoms with E-state index < -0.39 is 12.1 Å². The highest BCUT2D eigenvalue weighted by atomic mass is 16.5. The van der Waals surface area contributed by atoms with E-state index >= 15 is 0 Å².